The highest BCUT2D eigenvalue weighted by molar-refractivity contribution is 6.07. The molecule has 8 nitrogen and oxygen atoms in total. The predicted octanol–water partition coefficient (Wildman–Crippen LogP) is 8.35. The Morgan fingerprint density at radius 3 is 2.26 bits per heavy atom. The summed E-state index contributed by atoms with van der Waals surface area (Å²) >= 11 is 0. The second-order valence-corrected chi connectivity index (χ2v) is 19.1. The molecule has 1 aromatic heterocycles. The second-order valence-electron chi connectivity index (χ2n) is 19.1. The lowest BCUT2D eigenvalue weighted by Gasteiger charge is -2.72. The van der Waals surface area contributed by atoms with Crippen molar-refractivity contribution in [3.05, 3.63) is 29.1 Å². The minimum Gasteiger partial charge on any atom is -0.481 e. The number of carboxylic acid groups (broad SMARTS) is 1. The van der Waals surface area contributed by atoms with Gasteiger partial charge in [-0.2, -0.15) is 5.10 Å². The van der Waals surface area contributed by atoms with Crippen LogP contribution in [-0.2, 0) is 37.4 Å². The Hall–Kier alpha value is -2.48. The zero-order valence-electron chi connectivity index (χ0n) is 32.1. The van der Waals surface area contributed by atoms with Crippen molar-refractivity contribution in [3.8, 4) is 0 Å². The molecule has 0 bridgehead atoms. The lowest BCUT2D eigenvalue weighted by molar-refractivity contribution is -0.233. The number of fused-ring (bicyclic) bond motifs is 7. The summed E-state index contributed by atoms with van der Waals surface area (Å²) in [6, 6.07) is 0. The molecule has 5 aliphatic carbocycles. The molecule has 5 aliphatic rings. The van der Waals surface area contributed by atoms with Gasteiger partial charge in [-0.05, 0) is 122 Å². The number of rotatable bonds is 8. The first-order chi connectivity index (χ1) is 22.6. The summed E-state index contributed by atoms with van der Waals surface area (Å²) in [4.78, 5) is 53.2. The van der Waals surface area contributed by atoms with Crippen molar-refractivity contribution in [1.82, 2.24) is 9.78 Å². The zero-order chi connectivity index (χ0) is 36.1. The SMILES string of the molecule is CC(C)C1=C2[C@H]3CC[C@@H]4[C@@]5(C)CC[C@H](OC(=O)CC(C)(C)C(=O)O)C(C)(C)[C@@H]5CC[C@@]4(C)[C@]3(C)CC[C@@]2(C(=O)Cc2cnn(C)c2)CC1=O.Cl. The molecule has 50 heavy (non-hydrogen) atoms. The van der Waals surface area contributed by atoms with E-state index >= 15 is 0 Å². The molecule has 1 N–H and O–H groups in total. The number of allylic oxidation sites excluding steroid dienone is 2. The van der Waals surface area contributed by atoms with Gasteiger partial charge in [0.2, 0.25) is 0 Å². The van der Waals surface area contributed by atoms with E-state index in [1.54, 1.807) is 24.7 Å². The Morgan fingerprint density at radius 1 is 0.980 bits per heavy atom. The topological polar surface area (TPSA) is 116 Å². The van der Waals surface area contributed by atoms with Gasteiger partial charge < -0.3 is 9.84 Å². The van der Waals surface area contributed by atoms with Gasteiger partial charge in [0, 0.05) is 31.5 Å². The van der Waals surface area contributed by atoms with Crippen molar-refractivity contribution in [2.45, 2.75) is 139 Å². The zero-order valence-corrected chi connectivity index (χ0v) is 32.9. The number of aliphatic carboxylic acids is 1. The summed E-state index contributed by atoms with van der Waals surface area (Å²) < 4.78 is 7.89. The summed E-state index contributed by atoms with van der Waals surface area (Å²) in [6.45, 7) is 19.5. The van der Waals surface area contributed by atoms with Crippen LogP contribution in [0.3, 0.4) is 0 Å². The maximum Gasteiger partial charge on any atom is 0.309 e. The number of carboxylic acids is 1. The number of carbonyl (C=O) groups is 4. The molecule has 0 radical (unpaired) electrons. The third kappa shape index (κ3) is 5.55. The van der Waals surface area contributed by atoms with E-state index in [1.165, 1.54) is 5.57 Å². The third-order valence-electron chi connectivity index (χ3n) is 15.5. The highest BCUT2D eigenvalue weighted by Crippen LogP contribution is 2.76. The largest absolute Gasteiger partial charge is 0.481 e. The Morgan fingerprint density at radius 2 is 1.66 bits per heavy atom. The summed E-state index contributed by atoms with van der Waals surface area (Å²) in [5, 5.41) is 13.9. The molecule has 278 valence electrons. The number of ketones is 2. The fourth-order valence-electron chi connectivity index (χ4n) is 12.7. The number of aromatic nitrogens is 2. The van der Waals surface area contributed by atoms with Gasteiger partial charge in [0.25, 0.3) is 0 Å². The van der Waals surface area contributed by atoms with E-state index in [0.29, 0.717) is 24.7 Å². The fraction of sp³-hybridized carbons (Fsp3) is 0.780. The van der Waals surface area contributed by atoms with Crippen molar-refractivity contribution in [2.75, 3.05) is 0 Å². The lowest BCUT2D eigenvalue weighted by Crippen LogP contribution is -2.66. The molecule has 0 aliphatic heterocycles. The van der Waals surface area contributed by atoms with Gasteiger partial charge in [0.15, 0.2) is 5.78 Å². The summed E-state index contributed by atoms with van der Waals surface area (Å²) in [5.41, 5.74) is 0.968. The number of nitrogens with zero attached hydrogens (tertiary/aromatic N) is 2. The molecule has 4 saturated carbocycles. The first kappa shape index (κ1) is 38.7. The van der Waals surface area contributed by atoms with Crippen molar-refractivity contribution in [2.24, 2.45) is 63.2 Å². The van der Waals surface area contributed by atoms with E-state index in [1.807, 2.05) is 13.2 Å². The van der Waals surface area contributed by atoms with Crippen LogP contribution in [-0.4, -0.2) is 44.5 Å². The standard InChI is InChI=1S/C41H60N2O6.ClH/c1-24(2)33-27(44)20-41(30(45)19-25-22-42-43(10)23-25)18-17-39(8)26(34(33)41)11-12-29-38(7)15-14-31(49-32(46)21-36(3,4)35(47)48)37(5,6)28(38)13-16-40(29,39)9;/h22-24,26,28-29,31H,11-21H2,1-10H3,(H,47,48);1H/t26-,28+,29-,31+,38+,39-,40-,41+;/m1./s1. The van der Waals surface area contributed by atoms with E-state index in [0.717, 1.165) is 62.5 Å². The van der Waals surface area contributed by atoms with Crippen molar-refractivity contribution < 1.29 is 29.0 Å². The molecular weight excluding hydrogens is 652 g/mol. The second kappa shape index (κ2) is 12.6. The van der Waals surface area contributed by atoms with Crippen molar-refractivity contribution in [3.63, 3.8) is 0 Å². The molecule has 1 aromatic rings. The molecule has 0 saturated heterocycles. The molecule has 8 atom stereocenters. The van der Waals surface area contributed by atoms with E-state index in [4.69, 9.17) is 4.74 Å². The Bertz CT molecular complexity index is 1610. The first-order valence-electron chi connectivity index (χ1n) is 18.9. The molecule has 0 aromatic carbocycles. The lowest BCUT2D eigenvalue weighted by atomic mass is 9.33. The normalized spacial score (nSPS) is 37.6. The average molecular weight is 713 g/mol. The van der Waals surface area contributed by atoms with E-state index in [2.05, 4.69) is 53.6 Å². The average Bonchev–Trinajstić information content (AvgIpc) is 3.54. The molecule has 6 rings (SSSR count). The summed E-state index contributed by atoms with van der Waals surface area (Å²) in [6.07, 6.45) is 11.5. The number of esters is 1. The molecule has 0 unspecified atom stereocenters. The summed E-state index contributed by atoms with van der Waals surface area (Å²) in [7, 11) is 1.87. The Labute approximate surface area is 305 Å². The van der Waals surface area contributed by atoms with Crippen LogP contribution < -0.4 is 0 Å². The van der Waals surface area contributed by atoms with Crippen LogP contribution >= 0.6 is 12.4 Å². The molecule has 9 heteroatoms. The third-order valence-corrected chi connectivity index (χ3v) is 15.5. The highest BCUT2D eigenvalue weighted by Gasteiger charge is 2.71. The van der Waals surface area contributed by atoms with Crippen molar-refractivity contribution in [1.29, 1.82) is 0 Å². The molecule has 0 spiro atoms. The summed E-state index contributed by atoms with van der Waals surface area (Å²) in [5.74, 6) is 0.0615. The number of hydrogen-bond donors (Lipinski definition) is 1. The minimum absolute atomic E-state index is 0. The van der Waals surface area contributed by atoms with Gasteiger partial charge in [-0.1, -0.05) is 48.5 Å². The van der Waals surface area contributed by atoms with Crippen LogP contribution in [0.15, 0.2) is 23.5 Å². The molecule has 1 heterocycles. The van der Waals surface area contributed by atoms with Gasteiger partial charge in [0.05, 0.1) is 23.4 Å². The maximum atomic E-state index is 14.5. The number of hydrogen-bond acceptors (Lipinski definition) is 6. The first-order valence-corrected chi connectivity index (χ1v) is 18.9. The number of ether oxygens (including phenoxy) is 1. The smallest absolute Gasteiger partial charge is 0.309 e. The van der Waals surface area contributed by atoms with Crippen LogP contribution in [0.1, 0.15) is 132 Å². The van der Waals surface area contributed by atoms with Gasteiger partial charge in [0.1, 0.15) is 11.9 Å². The Kier molecular flexibility index (Phi) is 9.75. The van der Waals surface area contributed by atoms with Gasteiger partial charge in [-0.15, -0.1) is 12.4 Å². The number of halogens is 1. The van der Waals surface area contributed by atoms with Gasteiger partial charge in [-0.3, -0.25) is 23.9 Å². The predicted molar refractivity (Wildman–Crippen MR) is 195 cm³/mol. The number of Topliss-reactive ketones (excluding diaryl/α,β-unsaturated/α-hetero) is 2. The quantitative estimate of drug-likeness (QED) is 0.269. The van der Waals surface area contributed by atoms with E-state index in [-0.39, 0.29) is 70.0 Å². The number of carbonyl (C=O) groups excluding carboxylic acids is 3. The molecule has 0 amide bonds. The minimum atomic E-state index is -1.17. The van der Waals surface area contributed by atoms with E-state index < -0.39 is 22.8 Å². The van der Waals surface area contributed by atoms with Crippen LogP contribution in [0, 0.1) is 56.2 Å². The van der Waals surface area contributed by atoms with Gasteiger partial charge >= 0.3 is 11.9 Å². The van der Waals surface area contributed by atoms with Crippen LogP contribution in [0.2, 0.25) is 0 Å². The van der Waals surface area contributed by atoms with E-state index in [9.17, 15) is 24.3 Å². The fourth-order valence-corrected chi connectivity index (χ4v) is 12.7. The van der Waals surface area contributed by atoms with Crippen molar-refractivity contribution >= 4 is 35.9 Å². The van der Waals surface area contributed by atoms with Crippen LogP contribution in [0.5, 0.6) is 0 Å². The monoisotopic (exact) mass is 712 g/mol. The highest BCUT2D eigenvalue weighted by atomic mass is 35.5. The maximum absolute atomic E-state index is 14.5. The molecule has 4 fully saturated rings. The molecular formula is C41H61ClN2O6. The van der Waals surface area contributed by atoms with Crippen LogP contribution in [0.4, 0.5) is 0 Å². The van der Waals surface area contributed by atoms with Crippen LogP contribution in [0.25, 0.3) is 0 Å². The van der Waals surface area contributed by atoms with Gasteiger partial charge in [-0.25, -0.2) is 0 Å². The Balaban J connectivity index is 0.00000486. The number of aryl methyl sites for hydroxylation is 1.